The maximum absolute atomic E-state index is 12.1. The summed E-state index contributed by atoms with van der Waals surface area (Å²) in [6, 6.07) is 7.15. The second-order valence-electron chi connectivity index (χ2n) is 6.41. The zero-order valence-electron chi connectivity index (χ0n) is 13.7. The number of benzene rings is 1. The van der Waals surface area contributed by atoms with Crippen molar-refractivity contribution in [1.29, 1.82) is 0 Å². The average molecular weight is 340 g/mol. The first-order valence-corrected chi connectivity index (χ1v) is 7.92. The van der Waals surface area contributed by atoms with Gasteiger partial charge in [0.1, 0.15) is 0 Å². The molecule has 0 aromatic heterocycles. The van der Waals surface area contributed by atoms with E-state index in [1.807, 2.05) is 13.8 Å². The first kappa shape index (κ1) is 19.5. The van der Waals surface area contributed by atoms with Gasteiger partial charge in [0, 0.05) is 23.8 Å². The molecule has 23 heavy (non-hydrogen) atoms. The van der Waals surface area contributed by atoms with E-state index in [2.05, 4.69) is 10.6 Å². The standard InChI is InChI=1S/C17H25N3O2.ClH/c1-11(2)10-16(21)19-12-6-8-13(9-7-12)20-17(22)14-4-3-5-15(14)18;/h6-9,11,14-15H,3-5,10,18H2,1-2H3,(H,19,21)(H,20,22);1H. The number of carbonyl (C=O) groups excluding carboxylic acids is 2. The third-order valence-corrected chi connectivity index (χ3v) is 3.94. The molecule has 0 spiro atoms. The normalized spacial score (nSPS) is 20.0. The Hall–Kier alpha value is -1.59. The number of rotatable bonds is 5. The number of hydrogen-bond donors (Lipinski definition) is 3. The van der Waals surface area contributed by atoms with Crippen LogP contribution in [0.5, 0.6) is 0 Å². The van der Waals surface area contributed by atoms with E-state index >= 15 is 0 Å². The molecule has 6 heteroatoms. The van der Waals surface area contributed by atoms with Crippen LogP contribution in [-0.4, -0.2) is 17.9 Å². The van der Waals surface area contributed by atoms with E-state index in [-0.39, 0.29) is 36.2 Å². The van der Waals surface area contributed by atoms with Crippen LogP contribution in [0, 0.1) is 11.8 Å². The Bertz CT molecular complexity index is 531. The molecule has 4 N–H and O–H groups in total. The van der Waals surface area contributed by atoms with Gasteiger partial charge in [0.2, 0.25) is 11.8 Å². The Morgan fingerprint density at radius 2 is 1.70 bits per heavy atom. The third-order valence-electron chi connectivity index (χ3n) is 3.94. The van der Waals surface area contributed by atoms with Gasteiger partial charge in [0.05, 0.1) is 5.92 Å². The molecular formula is C17H26ClN3O2. The smallest absolute Gasteiger partial charge is 0.229 e. The van der Waals surface area contributed by atoms with Crippen molar-refractivity contribution in [1.82, 2.24) is 0 Å². The molecule has 1 fully saturated rings. The number of nitrogens with one attached hydrogen (secondary N) is 2. The minimum Gasteiger partial charge on any atom is -0.327 e. The van der Waals surface area contributed by atoms with E-state index < -0.39 is 0 Å². The summed E-state index contributed by atoms with van der Waals surface area (Å²) in [5, 5.41) is 5.74. The number of amides is 2. The molecule has 0 radical (unpaired) electrons. The van der Waals surface area contributed by atoms with Crippen molar-refractivity contribution in [3.8, 4) is 0 Å². The molecule has 1 saturated carbocycles. The van der Waals surface area contributed by atoms with Crippen LogP contribution in [0.1, 0.15) is 39.5 Å². The Morgan fingerprint density at radius 3 is 2.17 bits per heavy atom. The highest BCUT2D eigenvalue weighted by Crippen LogP contribution is 2.25. The molecule has 0 aliphatic heterocycles. The molecule has 0 bridgehead atoms. The molecule has 1 aliphatic rings. The molecule has 1 aromatic rings. The van der Waals surface area contributed by atoms with Crippen LogP contribution in [-0.2, 0) is 9.59 Å². The van der Waals surface area contributed by atoms with E-state index in [9.17, 15) is 9.59 Å². The Kier molecular flexibility index (Phi) is 7.52. The van der Waals surface area contributed by atoms with E-state index in [4.69, 9.17) is 5.73 Å². The van der Waals surface area contributed by atoms with Crippen LogP contribution < -0.4 is 16.4 Å². The van der Waals surface area contributed by atoms with Crippen molar-refractivity contribution in [2.24, 2.45) is 17.6 Å². The Morgan fingerprint density at radius 1 is 1.13 bits per heavy atom. The summed E-state index contributed by atoms with van der Waals surface area (Å²) in [7, 11) is 0. The number of anilines is 2. The van der Waals surface area contributed by atoms with Crippen LogP contribution in [0.2, 0.25) is 0 Å². The molecule has 5 nitrogen and oxygen atoms in total. The van der Waals surface area contributed by atoms with E-state index in [1.54, 1.807) is 24.3 Å². The summed E-state index contributed by atoms with van der Waals surface area (Å²) < 4.78 is 0. The van der Waals surface area contributed by atoms with Crippen molar-refractivity contribution < 1.29 is 9.59 Å². The molecule has 1 aliphatic carbocycles. The van der Waals surface area contributed by atoms with E-state index in [0.29, 0.717) is 12.3 Å². The van der Waals surface area contributed by atoms with Gasteiger partial charge in [-0.3, -0.25) is 9.59 Å². The van der Waals surface area contributed by atoms with Crippen LogP contribution in [0.15, 0.2) is 24.3 Å². The maximum Gasteiger partial charge on any atom is 0.229 e. The lowest BCUT2D eigenvalue weighted by Gasteiger charge is -2.15. The van der Waals surface area contributed by atoms with E-state index in [0.717, 1.165) is 30.6 Å². The predicted molar refractivity (Wildman–Crippen MR) is 95.7 cm³/mol. The first-order chi connectivity index (χ1) is 10.5. The fraction of sp³-hybridized carbons (Fsp3) is 0.529. The lowest BCUT2D eigenvalue weighted by molar-refractivity contribution is -0.120. The molecule has 1 aromatic carbocycles. The zero-order chi connectivity index (χ0) is 16.1. The molecule has 0 heterocycles. The third kappa shape index (κ3) is 5.84. The van der Waals surface area contributed by atoms with Crippen molar-refractivity contribution in [3.05, 3.63) is 24.3 Å². The summed E-state index contributed by atoms with van der Waals surface area (Å²) in [5.41, 5.74) is 7.41. The van der Waals surface area contributed by atoms with Crippen molar-refractivity contribution >= 4 is 35.6 Å². The second-order valence-corrected chi connectivity index (χ2v) is 6.41. The summed E-state index contributed by atoms with van der Waals surface area (Å²) >= 11 is 0. The molecular weight excluding hydrogens is 314 g/mol. The van der Waals surface area contributed by atoms with Crippen LogP contribution >= 0.6 is 12.4 Å². The van der Waals surface area contributed by atoms with Gasteiger partial charge in [-0.1, -0.05) is 20.3 Å². The predicted octanol–water partition coefficient (Wildman–Crippen LogP) is 3.16. The lowest BCUT2D eigenvalue weighted by atomic mass is 10.0. The highest BCUT2D eigenvalue weighted by Gasteiger charge is 2.30. The van der Waals surface area contributed by atoms with Crippen LogP contribution in [0.4, 0.5) is 11.4 Å². The number of carbonyl (C=O) groups is 2. The first-order valence-electron chi connectivity index (χ1n) is 7.92. The van der Waals surface area contributed by atoms with Gasteiger partial charge in [-0.25, -0.2) is 0 Å². The highest BCUT2D eigenvalue weighted by molar-refractivity contribution is 5.94. The van der Waals surface area contributed by atoms with Crippen LogP contribution in [0.3, 0.4) is 0 Å². The minimum atomic E-state index is -0.0922. The quantitative estimate of drug-likeness (QED) is 0.770. The molecule has 128 valence electrons. The fourth-order valence-electron chi connectivity index (χ4n) is 2.77. The largest absolute Gasteiger partial charge is 0.327 e. The van der Waals surface area contributed by atoms with Gasteiger partial charge >= 0.3 is 0 Å². The summed E-state index contributed by atoms with van der Waals surface area (Å²) in [6.07, 6.45) is 3.29. The maximum atomic E-state index is 12.1. The highest BCUT2D eigenvalue weighted by atomic mass is 35.5. The van der Waals surface area contributed by atoms with Gasteiger partial charge < -0.3 is 16.4 Å². The summed E-state index contributed by atoms with van der Waals surface area (Å²) in [5.74, 6) is 0.227. The second kappa shape index (κ2) is 8.89. The molecule has 2 unspecified atom stereocenters. The molecule has 2 rings (SSSR count). The van der Waals surface area contributed by atoms with Gasteiger partial charge in [-0.15, -0.1) is 12.4 Å². The van der Waals surface area contributed by atoms with Gasteiger partial charge in [-0.2, -0.15) is 0 Å². The van der Waals surface area contributed by atoms with E-state index in [1.165, 1.54) is 0 Å². The van der Waals surface area contributed by atoms with Gasteiger partial charge in [0.15, 0.2) is 0 Å². The number of halogens is 1. The average Bonchev–Trinajstić information content (AvgIpc) is 2.86. The zero-order valence-corrected chi connectivity index (χ0v) is 14.5. The van der Waals surface area contributed by atoms with Crippen molar-refractivity contribution in [3.63, 3.8) is 0 Å². The summed E-state index contributed by atoms with van der Waals surface area (Å²) in [6.45, 7) is 4.01. The molecule has 2 amide bonds. The molecule has 0 saturated heterocycles. The Labute approximate surface area is 143 Å². The minimum absolute atomic E-state index is 0. The number of nitrogens with two attached hydrogens (primary N) is 1. The fourth-order valence-corrected chi connectivity index (χ4v) is 2.77. The monoisotopic (exact) mass is 339 g/mol. The topological polar surface area (TPSA) is 84.2 Å². The van der Waals surface area contributed by atoms with Gasteiger partial charge in [0.25, 0.3) is 0 Å². The Balaban J connectivity index is 0.00000264. The van der Waals surface area contributed by atoms with Crippen LogP contribution in [0.25, 0.3) is 0 Å². The number of hydrogen-bond acceptors (Lipinski definition) is 3. The summed E-state index contributed by atoms with van der Waals surface area (Å²) in [4.78, 5) is 23.8. The SMILES string of the molecule is CC(C)CC(=O)Nc1ccc(NC(=O)C2CCCC2N)cc1.Cl. The lowest BCUT2D eigenvalue weighted by Crippen LogP contribution is -2.34. The van der Waals surface area contributed by atoms with Crippen molar-refractivity contribution in [2.75, 3.05) is 10.6 Å². The molecule has 2 atom stereocenters. The van der Waals surface area contributed by atoms with Crippen molar-refractivity contribution in [2.45, 2.75) is 45.6 Å². The van der Waals surface area contributed by atoms with Gasteiger partial charge in [-0.05, 0) is 43.0 Å².